The molecule has 6 heteroatoms. The van der Waals surface area contributed by atoms with Crippen LogP contribution in [0.1, 0.15) is 12.5 Å². The molecule has 0 aliphatic carbocycles. The van der Waals surface area contributed by atoms with E-state index in [1.54, 1.807) is 12.1 Å². The molecule has 0 fully saturated rings. The number of halogens is 2. The van der Waals surface area contributed by atoms with Crippen molar-refractivity contribution >= 4 is 39.1 Å². The number of nitrogens with zero attached hydrogens (tertiary/aromatic N) is 1. The molecule has 0 bridgehead atoms. The molecule has 0 aliphatic heterocycles. The van der Waals surface area contributed by atoms with Crippen LogP contribution >= 0.6 is 15.9 Å². The van der Waals surface area contributed by atoms with Crippen LogP contribution in [0.2, 0.25) is 0 Å². The number of benzene rings is 2. The van der Waals surface area contributed by atoms with Gasteiger partial charge >= 0.3 is 0 Å². The number of rotatable bonds is 4. The number of carbonyl (C=O) groups is 2. The number of nitrogens with one attached hydrogen (secondary N) is 1. The Morgan fingerprint density at radius 1 is 1.22 bits per heavy atom. The highest BCUT2D eigenvalue weighted by atomic mass is 79.9. The second kappa shape index (κ2) is 7.37. The van der Waals surface area contributed by atoms with Gasteiger partial charge in [-0.05, 0) is 48.9 Å². The minimum absolute atomic E-state index is 0.146. The van der Waals surface area contributed by atoms with E-state index in [1.165, 1.54) is 30.0 Å². The van der Waals surface area contributed by atoms with Gasteiger partial charge in [0.15, 0.2) is 0 Å². The number of aryl methyl sites for hydroxylation is 1. The standard InChI is InChI=1S/C17H16BrFN2O2/c1-11-8-15(6-7-16(11)18)21(12(2)22)10-17(23)20-14-5-3-4-13(19)9-14/h3-9H,10H2,1-2H3,(H,20,23). The third kappa shape index (κ3) is 4.63. The minimum atomic E-state index is -0.435. The number of carbonyl (C=O) groups excluding carboxylic acids is 2. The molecule has 0 aliphatic rings. The quantitative estimate of drug-likeness (QED) is 0.877. The van der Waals surface area contributed by atoms with Gasteiger partial charge in [0.1, 0.15) is 12.4 Å². The minimum Gasteiger partial charge on any atom is -0.324 e. The van der Waals surface area contributed by atoms with Crippen LogP contribution in [0, 0.1) is 12.7 Å². The first-order chi connectivity index (χ1) is 10.9. The fourth-order valence-electron chi connectivity index (χ4n) is 2.09. The topological polar surface area (TPSA) is 49.4 Å². The van der Waals surface area contributed by atoms with Gasteiger partial charge in [-0.3, -0.25) is 9.59 Å². The summed E-state index contributed by atoms with van der Waals surface area (Å²) in [5, 5.41) is 2.58. The molecule has 120 valence electrons. The Labute approximate surface area is 142 Å². The van der Waals surface area contributed by atoms with Crippen LogP contribution in [0.3, 0.4) is 0 Å². The van der Waals surface area contributed by atoms with Gasteiger partial charge in [0.2, 0.25) is 11.8 Å². The van der Waals surface area contributed by atoms with E-state index in [0.717, 1.165) is 10.0 Å². The highest BCUT2D eigenvalue weighted by molar-refractivity contribution is 9.10. The Morgan fingerprint density at radius 2 is 1.96 bits per heavy atom. The van der Waals surface area contributed by atoms with Crippen LogP contribution in [0.5, 0.6) is 0 Å². The first-order valence-corrected chi connectivity index (χ1v) is 7.76. The molecule has 2 aromatic carbocycles. The van der Waals surface area contributed by atoms with Crippen LogP contribution in [0.25, 0.3) is 0 Å². The van der Waals surface area contributed by atoms with E-state index in [0.29, 0.717) is 11.4 Å². The molecule has 1 N–H and O–H groups in total. The zero-order valence-corrected chi connectivity index (χ0v) is 14.4. The van der Waals surface area contributed by atoms with E-state index in [2.05, 4.69) is 21.2 Å². The van der Waals surface area contributed by atoms with Crippen molar-refractivity contribution in [2.24, 2.45) is 0 Å². The molecule has 0 saturated heterocycles. The second-order valence-electron chi connectivity index (χ2n) is 5.10. The van der Waals surface area contributed by atoms with Crippen LogP contribution in [0.4, 0.5) is 15.8 Å². The largest absolute Gasteiger partial charge is 0.324 e. The summed E-state index contributed by atoms with van der Waals surface area (Å²) in [6.07, 6.45) is 0. The maximum absolute atomic E-state index is 13.1. The summed E-state index contributed by atoms with van der Waals surface area (Å²) in [6, 6.07) is 11.0. The van der Waals surface area contributed by atoms with Gasteiger partial charge in [-0.15, -0.1) is 0 Å². The number of anilines is 2. The highest BCUT2D eigenvalue weighted by Gasteiger charge is 2.16. The monoisotopic (exact) mass is 378 g/mol. The average molecular weight is 379 g/mol. The first kappa shape index (κ1) is 17.1. The van der Waals surface area contributed by atoms with Gasteiger partial charge in [-0.1, -0.05) is 22.0 Å². The molecule has 0 atom stereocenters. The average Bonchev–Trinajstić information content (AvgIpc) is 2.47. The lowest BCUT2D eigenvalue weighted by Crippen LogP contribution is -2.36. The molecular formula is C17H16BrFN2O2. The van der Waals surface area contributed by atoms with Gasteiger partial charge in [0.25, 0.3) is 0 Å². The van der Waals surface area contributed by atoms with E-state index in [4.69, 9.17) is 0 Å². The van der Waals surface area contributed by atoms with Crippen LogP contribution in [-0.2, 0) is 9.59 Å². The number of hydrogen-bond donors (Lipinski definition) is 1. The maximum atomic E-state index is 13.1. The van der Waals surface area contributed by atoms with Gasteiger partial charge in [-0.25, -0.2) is 4.39 Å². The van der Waals surface area contributed by atoms with Crippen molar-refractivity contribution in [2.45, 2.75) is 13.8 Å². The summed E-state index contributed by atoms with van der Waals surface area (Å²) in [7, 11) is 0. The summed E-state index contributed by atoms with van der Waals surface area (Å²) >= 11 is 3.40. The zero-order chi connectivity index (χ0) is 17.0. The molecule has 2 amide bonds. The highest BCUT2D eigenvalue weighted by Crippen LogP contribution is 2.23. The molecule has 0 radical (unpaired) electrons. The van der Waals surface area contributed by atoms with Gasteiger partial charge < -0.3 is 10.2 Å². The first-order valence-electron chi connectivity index (χ1n) is 6.96. The summed E-state index contributed by atoms with van der Waals surface area (Å²) in [4.78, 5) is 25.4. The smallest absolute Gasteiger partial charge is 0.244 e. The molecule has 0 heterocycles. The number of hydrogen-bond acceptors (Lipinski definition) is 2. The SMILES string of the molecule is CC(=O)N(CC(=O)Nc1cccc(F)c1)c1ccc(Br)c(C)c1. The zero-order valence-electron chi connectivity index (χ0n) is 12.8. The Balaban J connectivity index is 2.14. The van der Waals surface area contributed by atoms with E-state index in [1.807, 2.05) is 19.1 Å². The molecule has 0 saturated carbocycles. The van der Waals surface area contributed by atoms with E-state index >= 15 is 0 Å². The number of amides is 2. The Bertz CT molecular complexity index is 749. The van der Waals surface area contributed by atoms with E-state index in [9.17, 15) is 14.0 Å². The van der Waals surface area contributed by atoms with Crippen LogP contribution < -0.4 is 10.2 Å². The summed E-state index contributed by atoms with van der Waals surface area (Å²) < 4.78 is 14.1. The second-order valence-corrected chi connectivity index (χ2v) is 5.95. The van der Waals surface area contributed by atoms with Gasteiger partial charge in [-0.2, -0.15) is 0 Å². The fraction of sp³-hybridized carbons (Fsp3) is 0.176. The van der Waals surface area contributed by atoms with E-state index < -0.39 is 11.7 Å². The molecule has 2 rings (SSSR count). The van der Waals surface area contributed by atoms with Crippen LogP contribution in [-0.4, -0.2) is 18.4 Å². The lowest BCUT2D eigenvalue weighted by atomic mass is 10.2. The summed E-state index contributed by atoms with van der Waals surface area (Å²) in [5.74, 6) is -1.08. The molecular weight excluding hydrogens is 363 g/mol. The Hall–Kier alpha value is -2.21. The van der Waals surface area contributed by atoms with Gasteiger partial charge in [0.05, 0.1) is 0 Å². The van der Waals surface area contributed by atoms with Crippen molar-refractivity contribution in [1.82, 2.24) is 0 Å². The Kier molecular flexibility index (Phi) is 5.50. The fourth-order valence-corrected chi connectivity index (χ4v) is 2.34. The van der Waals surface area contributed by atoms with Crippen molar-refractivity contribution in [3.8, 4) is 0 Å². The molecule has 0 aromatic heterocycles. The molecule has 4 nitrogen and oxygen atoms in total. The summed E-state index contributed by atoms with van der Waals surface area (Å²) in [6.45, 7) is 3.15. The summed E-state index contributed by atoms with van der Waals surface area (Å²) in [5.41, 5.74) is 1.94. The predicted molar refractivity (Wildman–Crippen MR) is 91.9 cm³/mol. The third-order valence-electron chi connectivity index (χ3n) is 3.24. The Morgan fingerprint density at radius 3 is 2.57 bits per heavy atom. The maximum Gasteiger partial charge on any atom is 0.244 e. The van der Waals surface area contributed by atoms with Crippen molar-refractivity contribution in [3.05, 3.63) is 58.3 Å². The van der Waals surface area contributed by atoms with Gasteiger partial charge in [0, 0.05) is 22.8 Å². The predicted octanol–water partition coefficient (Wildman–Crippen LogP) is 3.89. The lowest BCUT2D eigenvalue weighted by Gasteiger charge is -2.21. The molecule has 0 unspecified atom stereocenters. The van der Waals surface area contributed by atoms with Crippen molar-refractivity contribution in [1.29, 1.82) is 0 Å². The van der Waals surface area contributed by atoms with Crippen LogP contribution in [0.15, 0.2) is 46.9 Å². The van der Waals surface area contributed by atoms with E-state index in [-0.39, 0.29) is 12.5 Å². The third-order valence-corrected chi connectivity index (χ3v) is 4.13. The normalized spacial score (nSPS) is 10.3. The molecule has 2 aromatic rings. The van der Waals surface area contributed by atoms with Crippen molar-refractivity contribution < 1.29 is 14.0 Å². The molecule has 23 heavy (non-hydrogen) atoms. The van der Waals surface area contributed by atoms with Crippen molar-refractivity contribution in [2.75, 3.05) is 16.8 Å². The molecule has 0 spiro atoms. The van der Waals surface area contributed by atoms with Crippen molar-refractivity contribution in [3.63, 3.8) is 0 Å². The lowest BCUT2D eigenvalue weighted by molar-refractivity contribution is -0.120.